The number of ether oxygens (including phenoxy) is 1. The average molecular weight is 511 g/mol. The molecule has 0 N–H and O–H groups in total. The van der Waals surface area contributed by atoms with E-state index >= 15 is 0 Å². The van der Waals surface area contributed by atoms with Crippen LogP contribution >= 0.6 is 11.6 Å². The van der Waals surface area contributed by atoms with Crippen LogP contribution in [0.3, 0.4) is 0 Å². The minimum Gasteiger partial charge on any atom is -0.444 e. The number of carbonyl (C=O) groups excluding carboxylic acids is 1. The lowest BCUT2D eigenvalue weighted by atomic mass is 10.1. The molecule has 1 amide bonds. The smallest absolute Gasteiger partial charge is 0.410 e. The molecule has 36 heavy (non-hydrogen) atoms. The van der Waals surface area contributed by atoms with Crippen LogP contribution in [0.25, 0.3) is 16.7 Å². The van der Waals surface area contributed by atoms with Crippen LogP contribution in [0.15, 0.2) is 36.8 Å². The number of amides is 1. The van der Waals surface area contributed by atoms with Crippen molar-refractivity contribution < 1.29 is 9.53 Å². The molecular formula is C27H35ClN6O2. The summed E-state index contributed by atoms with van der Waals surface area (Å²) >= 11 is 6.34. The molecule has 5 rings (SSSR count). The Bertz CT molecular complexity index is 1270. The SMILES string of the molecule is C[C@@H]1CN(c2ncnc3c2c(N2CCC[C@H]2C)cn3-c2cccc(Cl)c2)CCN1C(=O)OC(C)(C)C. The highest BCUT2D eigenvalue weighted by molar-refractivity contribution is 6.30. The van der Waals surface area contributed by atoms with Crippen LogP contribution in [0.4, 0.5) is 16.3 Å². The van der Waals surface area contributed by atoms with Gasteiger partial charge in [-0.05, 0) is 65.7 Å². The van der Waals surface area contributed by atoms with E-state index in [4.69, 9.17) is 26.3 Å². The molecule has 192 valence electrons. The van der Waals surface area contributed by atoms with Crippen molar-refractivity contribution in [1.29, 1.82) is 0 Å². The Morgan fingerprint density at radius 1 is 1.11 bits per heavy atom. The minimum atomic E-state index is -0.517. The summed E-state index contributed by atoms with van der Waals surface area (Å²) in [4.78, 5) is 28.9. The van der Waals surface area contributed by atoms with Crippen molar-refractivity contribution in [2.75, 3.05) is 36.0 Å². The summed E-state index contributed by atoms with van der Waals surface area (Å²) in [5.41, 5.74) is 2.46. The van der Waals surface area contributed by atoms with Crippen molar-refractivity contribution in [1.82, 2.24) is 19.4 Å². The molecule has 0 spiro atoms. The Labute approximate surface area is 217 Å². The van der Waals surface area contributed by atoms with Crippen LogP contribution in [0, 0.1) is 0 Å². The van der Waals surface area contributed by atoms with E-state index in [0.717, 1.165) is 34.8 Å². The highest BCUT2D eigenvalue weighted by Crippen LogP contribution is 2.39. The van der Waals surface area contributed by atoms with Crippen LogP contribution in [0.5, 0.6) is 0 Å². The predicted molar refractivity (Wildman–Crippen MR) is 145 cm³/mol. The molecule has 3 aromatic rings. The molecule has 4 heterocycles. The fourth-order valence-corrected chi connectivity index (χ4v) is 5.52. The van der Waals surface area contributed by atoms with Crippen molar-refractivity contribution in [3.05, 3.63) is 41.8 Å². The van der Waals surface area contributed by atoms with Gasteiger partial charge in [-0.15, -0.1) is 0 Å². The third kappa shape index (κ3) is 4.71. The monoisotopic (exact) mass is 510 g/mol. The summed E-state index contributed by atoms with van der Waals surface area (Å²) in [6.07, 6.45) is 5.89. The molecule has 0 bridgehead atoms. The number of rotatable bonds is 3. The topological polar surface area (TPSA) is 66.7 Å². The lowest BCUT2D eigenvalue weighted by Gasteiger charge is -2.41. The Morgan fingerprint density at radius 2 is 1.92 bits per heavy atom. The van der Waals surface area contributed by atoms with E-state index in [2.05, 4.69) is 34.4 Å². The van der Waals surface area contributed by atoms with E-state index in [0.29, 0.717) is 30.7 Å². The van der Waals surface area contributed by atoms with Crippen LogP contribution in [-0.2, 0) is 4.74 Å². The van der Waals surface area contributed by atoms with E-state index in [9.17, 15) is 4.79 Å². The van der Waals surface area contributed by atoms with Crippen molar-refractivity contribution in [2.24, 2.45) is 0 Å². The second kappa shape index (κ2) is 9.47. The second-order valence-electron chi connectivity index (χ2n) is 10.9. The summed E-state index contributed by atoms with van der Waals surface area (Å²) in [5.74, 6) is 0.908. The van der Waals surface area contributed by atoms with Crippen LogP contribution < -0.4 is 9.80 Å². The lowest BCUT2D eigenvalue weighted by molar-refractivity contribution is 0.0159. The molecular weight excluding hydrogens is 476 g/mol. The molecule has 2 fully saturated rings. The third-order valence-corrected chi connectivity index (χ3v) is 7.28. The van der Waals surface area contributed by atoms with Crippen LogP contribution in [0.1, 0.15) is 47.5 Å². The number of anilines is 2. The fourth-order valence-electron chi connectivity index (χ4n) is 5.34. The Kier molecular flexibility index (Phi) is 6.49. The number of aromatic nitrogens is 3. The highest BCUT2D eigenvalue weighted by atomic mass is 35.5. The molecule has 2 aromatic heterocycles. The summed E-state index contributed by atoms with van der Waals surface area (Å²) in [6.45, 7) is 13.0. The largest absolute Gasteiger partial charge is 0.444 e. The number of benzene rings is 1. The van der Waals surface area contributed by atoms with Crippen molar-refractivity contribution in [3.8, 4) is 5.69 Å². The average Bonchev–Trinajstić information content (AvgIpc) is 3.41. The molecule has 0 radical (unpaired) electrons. The van der Waals surface area contributed by atoms with Gasteiger partial charge >= 0.3 is 6.09 Å². The van der Waals surface area contributed by atoms with Gasteiger partial charge in [-0.1, -0.05) is 17.7 Å². The normalized spacial score (nSPS) is 20.9. The molecule has 9 heteroatoms. The molecule has 2 atom stereocenters. The lowest BCUT2D eigenvalue weighted by Crippen LogP contribution is -2.55. The van der Waals surface area contributed by atoms with E-state index in [1.165, 1.54) is 12.8 Å². The van der Waals surface area contributed by atoms with Crippen molar-refractivity contribution in [3.63, 3.8) is 0 Å². The van der Waals surface area contributed by atoms with Gasteiger partial charge in [0.25, 0.3) is 0 Å². The standard InChI is InChI=1S/C27H35ClN6O2/c1-18-8-7-11-32(18)22-16-34(21-10-6-9-20(28)14-21)25-23(22)24(29-17-30-25)31-12-13-33(19(2)15-31)26(35)36-27(3,4)5/h6,9-10,14,16-19H,7-8,11-13,15H2,1-5H3/t18-,19-/m1/s1. The number of nitrogens with zero attached hydrogens (tertiary/aromatic N) is 6. The zero-order valence-electron chi connectivity index (χ0n) is 21.7. The van der Waals surface area contributed by atoms with E-state index < -0.39 is 5.60 Å². The van der Waals surface area contributed by atoms with Gasteiger partial charge in [0.2, 0.25) is 0 Å². The van der Waals surface area contributed by atoms with Crippen LogP contribution in [0.2, 0.25) is 5.02 Å². The van der Waals surface area contributed by atoms with Crippen molar-refractivity contribution >= 4 is 40.2 Å². The van der Waals surface area contributed by atoms with Gasteiger partial charge in [0.15, 0.2) is 5.65 Å². The van der Waals surface area contributed by atoms with Gasteiger partial charge in [0.1, 0.15) is 17.7 Å². The first kappa shape index (κ1) is 24.7. The number of fused-ring (bicyclic) bond motifs is 1. The maximum atomic E-state index is 12.8. The molecule has 2 aliphatic rings. The quantitative estimate of drug-likeness (QED) is 0.463. The van der Waals surface area contributed by atoms with E-state index in [1.54, 1.807) is 6.33 Å². The summed E-state index contributed by atoms with van der Waals surface area (Å²) in [7, 11) is 0. The zero-order valence-corrected chi connectivity index (χ0v) is 22.5. The molecule has 2 saturated heterocycles. The number of hydrogen-bond acceptors (Lipinski definition) is 6. The first-order chi connectivity index (χ1) is 17.1. The Morgan fingerprint density at radius 3 is 2.58 bits per heavy atom. The van der Waals surface area contributed by atoms with Gasteiger partial charge in [-0.3, -0.25) is 4.57 Å². The molecule has 1 aromatic carbocycles. The Hall–Kier alpha value is -3.00. The minimum absolute atomic E-state index is 0.0113. The molecule has 8 nitrogen and oxygen atoms in total. The first-order valence-corrected chi connectivity index (χ1v) is 13.1. The number of piperazine rings is 1. The predicted octanol–water partition coefficient (Wildman–Crippen LogP) is 5.51. The molecule has 2 aliphatic heterocycles. The van der Waals surface area contributed by atoms with Crippen molar-refractivity contribution in [2.45, 2.75) is 65.1 Å². The summed E-state index contributed by atoms with van der Waals surface area (Å²) < 4.78 is 7.76. The molecule has 0 saturated carbocycles. The summed E-state index contributed by atoms with van der Waals surface area (Å²) in [6, 6.07) is 8.28. The van der Waals surface area contributed by atoms with Gasteiger partial charge in [-0.25, -0.2) is 14.8 Å². The third-order valence-electron chi connectivity index (χ3n) is 7.05. The van der Waals surface area contributed by atoms with E-state index in [1.807, 2.05) is 49.9 Å². The van der Waals surface area contributed by atoms with Gasteiger partial charge in [0, 0.05) is 55.2 Å². The fraction of sp³-hybridized carbons (Fsp3) is 0.519. The summed E-state index contributed by atoms with van der Waals surface area (Å²) in [5, 5.41) is 1.73. The zero-order chi connectivity index (χ0) is 25.6. The Balaban J connectivity index is 1.54. The van der Waals surface area contributed by atoms with Gasteiger partial charge in [-0.2, -0.15) is 0 Å². The molecule has 0 unspecified atom stereocenters. The number of hydrogen-bond donors (Lipinski definition) is 0. The number of carbonyl (C=O) groups is 1. The van der Waals surface area contributed by atoms with Crippen LogP contribution in [-0.4, -0.2) is 69.4 Å². The van der Waals surface area contributed by atoms with E-state index in [-0.39, 0.29) is 12.1 Å². The highest BCUT2D eigenvalue weighted by Gasteiger charge is 2.34. The second-order valence-corrected chi connectivity index (χ2v) is 11.3. The maximum absolute atomic E-state index is 12.8. The number of halogens is 1. The van der Waals surface area contributed by atoms with Gasteiger partial charge < -0.3 is 19.4 Å². The molecule has 0 aliphatic carbocycles. The first-order valence-electron chi connectivity index (χ1n) is 12.8. The van der Waals surface area contributed by atoms with Gasteiger partial charge in [0.05, 0.1) is 11.1 Å². The maximum Gasteiger partial charge on any atom is 0.410 e.